The molecule has 0 unspecified atom stereocenters. The fourth-order valence-electron chi connectivity index (χ4n) is 5.27. The molecule has 0 N–H and O–H groups in total. The van der Waals surface area contributed by atoms with Gasteiger partial charge in [-0.2, -0.15) is 0 Å². The predicted octanol–water partition coefficient (Wildman–Crippen LogP) is 3.92. The van der Waals surface area contributed by atoms with Crippen molar-refractivity contribution < 1.29 is 18.7 Å². The number of aldehydes is 1. The highest BCUT2D eigenvalue weighted by molar-refractivity contribution is 6.99. The minimum absolute atomic E-state index is 0.0147. The van der Waals surface area contributed by atoms with Gasteiger partial charge in [-0.25, -0.2) is 0 Å². The fraction of sp³-hybridized carbons (Fsp3) is 0.500. The van der Waals surface area contributed by atoms with Crippen LogP contribution in [0.4, 0.5) is 0 Å². The van der Waals surface area contributed by atoms with Crippen molar-refractivity contribution in [2.45, 2.75) is 64.1 Å². The number of ether oxygens (including phenoxy) is 2. The molecular formula is C26H34O4Si. The van der Waals surface area contributed by atoms with E-state index in [1.807, 2.05) is 13.8 Å². The maximum absolute atomic E-state index is 11.8. The molecule has 1 aliphatic carbocycles. The fourth-order valence-corrected chi connectivity index (χ4v) is 10.00. The lowest BCUT2D eigenvalue weighted by Gasteiger charge is -2.52. The molecule has 2 aromatic carbocycles. The van der Waals surface area contributed by atoms with Crippen LogP contribution in [0.25, 0.3) is 0 Å². The molecule has 4 atom stereocenters. The summed E-state index contributed by atoms with van der Waals surface area (Å²) in [6.45, 7) is 11.2. The number of rotatable bonds is 6. The van der Waals surface area contributed by atoms with E-state index in [0.717, 1.165) is 12.7 Å². The van der Waals surface area contributed by atoms with Crippen molar-refractivity contribution in [1.82, 2.24) is 0 Å². The van der Waals surface area contributed by atoms with Crippen molar-refractivity contribution in [1.29, 1.82) is 0 Å². The average molecular weight is 439 g/mol. The van der Waals surface area contributed by atoms with Crippen molar-refractivity contribution in [3.05, 3.63) is 60.7 Å². The Kier molecular flexibility index (Phi) is 5.99. The molecular weight excluding hydrogens is 404 g/mol. The van der Waals surface area contributed by atoms with E-state index < -0.39 is 14.1 Å². The second-order valence-electron chi connectivity index (χ2n) is 10.3. The van der Waals surface area contributed by atoms with Gasteiger partial charge in [0.25, 0.3) is 8.32 Å². The first-order valence-electron chi connectivity index (χ1n) is 11.2. The lowest BCUT2D eigenvalue weighted by Crippen LogP contribution is -2.70. The maximum atomic E-state index is 11.8. The van der Waals surface area contributed by atoms with Crippen LogP contribution in [-0.2, 0) is 18.7 Å². The Bertz CT molecular complexity index is 851. The molecule has 1 saturated heterocycles. The van der Waals surface area contributed by atoms with Gasteiger partial charge < -0.3 is 18.7 Å². The lowest BCUT2D eigenvalue weighted by molar-refractivity contribution is -0.168. The van der Waals surface area contributed by atoms with Gasteiger partial charge in [-0.1, -0.05) is 81.4 Å². The third kappa shape index (κ3) is 4.04. The highest BCUT2D eigenvalue weighted by Crippen LogP contribution is 2.47. The molecule has 4 nitrogen and oxygen atoms in total. The van der Waals surface area contributed by atoms with Crippen LogP contribution in [0, 0.1) is 11.8 Å². The molecule has 31 heavy (non-hydrogen) atoms. The number of benzene rings is 2. The molecule has 5 heteroatoms. The van der Waals surface area contributed by atoms with Crippen LogP contribution in [0.5, 0.6) is 0 Å². The van der Waals surface area contributed by atoms with E-state index in [0.29, 0.717) is 6.61 Å². The van der Waals surface area contributed by atoms with Crippen molar-refractivity contribution in [2.24, 2.45) is 11.8 Å². The van der Waals surface area contributed by atoms with Gasteiger partial charge in [0, 0.05) is 11.8 Å². The number of hydrogen-bond donors (Lipinski definition) is 0. The molecule has 0 bridgehead atoms. The van der Waals surface area contributed by atoms with Crippen LogP contribution in [0.3, 0.4) is 0 Å². The predicted molar refractivity (Wildman–Crippen MR) is 125 cm³/mol. The normalized spacial score (nSPS) is 28.2. The zero-order valence-electron chi connectivity index (χ0n) is 19.2. The molecule has 2 fully saturated rings. The van der Waals surface area contributed by atoms with Gasteiger partial charge in [0.05, 0.1) is 18.8 Å². The Morgan fingerprint density at radius 3 is 1.97 bits per heavy atom. The maximum Gasteiger partial charge on any atom is 0.261 e. The molecule has 2 aromatic rings. The van der Waals surface area contributed by atoms with Crippen LogP contribution >= 0.6 is 0 Å². The molecule has 2 aliphatic rings. The summed E-state index contributed by atoms with van der Waals surface area (Å²) in [5.74, 6) is -0.651. The van der Waals surface area contributed by atoms with Crippen LogP contribution in [0.2, 0.25) is 5.04 Å². The highest BCUT2D eigenvalue weighted by atomic mass is 28.4. The standard InChI is InChI=1S/C26H34O4Si/c1-25(2,3)31(20-12-8-6-9-13-20,21-14-10-7-11-15-21)30-22-16-19(17-27)24(22)23-18-28-26(4,5)29-23/h6-15,17,19,22-24H,16,18H2,1-5H3/t19-,22-,23+,24+/m0/s1. The summed E-state index contributed by atoms with van der Waals surface area (Å²) in [6.07, 6.45) is 1.65. The average Bonchev–Trinajstić information content (AvgIpc) is 3.07. The third-order valence-corrected chi connectivity index (χ3v) is 11.9. The number of carbonyl (C=O) groups excluding carboxylic acids is 1. The first-order valence-corrected chi connectivity index (χ1v) is 13.1. The molecule has 0 aromatic heterocycles. The Morgan fingerprint density at radius 2 is 1.55 bits per heavy atom. The quantitative estimate of drug-likeness (QED) is 0.507. The van der Waals surface area contributed by atoms with Crippen molar-refractivity contribution in [2.75, 3.05) is 6.61 Å². The summed E-state index contributed by atoms with van der Waals surface area (Å²) in [5.41, 5.74) is 0. The summed E-state index contributed by atoms with van der Waals surface area (Å²) in [7, 11) is -2.67. The Morgan fingerprint density at radius 1 is 1.00 bits per heavy atom. The van der Waals surface area contributed by atoms with Gasteiger partial charge in [-0.05, 0) is 35.7 Å². The first-order chi connectivity index (χ1) is 14.7. The number of hydrogen-bond acceptors (Lipinski definition) is 4. The van der Waals surface area contributed by atoms with Gasteiger partial charge in [0.15, 0.2) is 5.79 Å². The molecule has 0 radical (unpaired) electrons. The molecule has 1 heterocycles. The van der Waals surface area contributed by atoms with E-state index in [1.165, 1.54) is 10.4 Å². The minimum atomic E-state index is -2.67. The zero-order valence-corrected chi connectivity index (χ0v) is 20.2. The van der Waals surface area contributed by atoms with Crippen molar-refractivity contribution in [3.8, 4) is 0 Å². The van der Waals surface area contributed by atoms with E-state index >= 15 is 0 Å². The SMILES string of the molecule is CC1(C)OC[C@H]([C@@H]2[C@H](C=O)C[C@@H]2O[Si](c2ccccc2)(c2ccccc2)C(C)(C)C)O1. The first kappa shape index (κ1) is 22.4. The van der Waals surface area contributed by atoms with Crippen LogP contribution in [0.15, 0.2) is 60.7 Å². The monoisotopic (exact) mass is 438 g/mol. The zero-order chi connectivity index (χ0) is 22.3. The third-order valence-electron chi connectivity index (χ3n) is 6.81. The second kappa shape index (κ2) is 8.28. The minimum Gasteiger partial charge on any atom is -0.404 e. The highest BCUT2D eigenvalue weighted by Gasteiger charge is 2.57. The number of carbonyl (C=O) groups is 1. The second-order valence-corrected chi connectivity index (χ2v) is 14.6. The van der Waals surface area contributed by atoms with Crippen molar-refractivity contribution >= 4 is 25.0 Å². The van der Waals surface area contributed by atoms with Gasteiger partial charge in [0.2, 0.25) is 0 Å². The van der Waals surface area contributed by atoms with Gasteiger partial charge in [-0.15, -0.1) is 0 Å². The summed E-state index contributed by atoms with van der Waals surface area (Å²) in [6, 6.07) is 21.3. The lowest BCUT2D eigenvalue weighted by atomic mass is 9.69. The summed E-state index contributed by atoms with van der Waals surface area (Å²) < 4.78 is 19.3. The smallest absolute Gasteiger partial charge is 0.261 e. The topological polar surface area (TPSA) is 44.8 Å². The summed E-state index contributed by atoms with van der Waals surface area (Å²) in [5, 5.41) is 2.41. The van der Waals surface area contributed by atoms with Gasteiger partial charge in [-0.3, -0.25) is 0 Å². The molecule has 4 rings (SSSR count). The summed E-state index contributed by atoms with van der Waals surface area (Å²) >= 11 is 0. The van der Waals surface area contributed by atoms with Crippen LogP contribution < -0.4 is 10.4 Å². The van der Waals surface area contributed by atoms with E-state index in [4.69, 9.17) is 13.9 Å². The Balaban J connectivity index is 1.75. The Hall–Kier alpha value is -1.79. The molecule has 1 saturated carbocycles. The summed E-state index contributed by atoms with van der Waals surface area (Å²) in [4.78, 5) is 11.8. The molecule has 0 spiro atoms. The van der Waals surface area contributed by atoms with E-state index in [1.54, 1.807) is 0 Å². The van der Waals surface area contributed by atoms with Gasteiger partial charge >= 0.3 is 0 Å². The van der Waals surface area contributed by atoms with Crippen molar-refractivity contribution in [3.63, 3.8) is 0 Å². The molecule has 166 valence electrons. The van der Waals surface area contributed by atoms with Gasteiger partial charge in [0.1, 0.15) is 6.29 Å². The van der Waals surface area contributed by atoms with Crippen LogP contribution in [-0.4, -0.2) is 39.2 Å². The largest absolute Gasteiger partial charge is 0.404 e. The van der Waals surface area contributed by atoms with E-state index in [9.17, 15) is 4.79 Å². The molecule has 0 amide bonds. The van der Waals surface area contributed by atoms with E-state index in [-0.39, 0.29) is 29.1 Å². The van der Waals surface area contributed by atoms with E-state index in [2.05, 4.69) is 81.4 Å². The Labute approximate surface area is 187 Å². The molecule has 1 aliphatic heterocycles. The van der Waals surface area contributed by atoms with Crippen LogP contribution in [0.1, 0.15) is 41.0 Å².